The number of amides is 12. The first kappa shape index (κ1) is 90.5. The van der Waals surface area contributed by atoms with Crippen molar-refractivity contribution in [3.63, 3.8) is 0 Å². The molecular weight excluding hydrogens is 1510 g/mol. The van der Waals surface area contributed by atoms with Gasteiger partial charge >= 0.3 is 12.2 Å². The zero-order valence-corrected chi connectivity index (χ0v) is 67.5. The molecule has 111 heavy (non-hydrogen) atoms. The minimum Gasteiger partial charge on any atom is -0.449 e. The first-order chi connectivity index (χ1) is 52.4. The fourth-order valence-electron chi connectivity index (χ4n) is 14.8. The molecule has 0 radical (unpaired) electrons. The predicted octanol–water partition coefficient (Wildman–Crippen LogP) is 4.56. The highest BCUT2D eigenvalue weighted by Crippen LogP contribution is 2.58. The van der Waals surface area contributed by atoms with Crippen LogP contribution in [-0.2, 0) is 67.0 Å². The summed E-state index contributed by atoms with van der Waals surface area (Å²) in [6.45, 7) is 6.87. The summed E-state index contributed by atoms with van der Waals surface area (Å²) in [4.78, 5) is 206. The van der Waals surface area contributed by atoms with Crippen LogP contribution in [0.1, 0.15) is 162 Å². The molecule has 34 heteroatoms. The molecule has 0 bridgehead atoms. The van der Waals surface area contributed by atoms with Crippen LogP contribution in [0.15, 0.2) is 60.7 Å². The SMILES string of the molecule is C.CCCC(NC(=O)[C@@H]1CC2(CN1C(=O)C(NC(=O)OCC(C)C)C1CCCCC1)SCC([C@@H](CO)CC(NC(=O)[C@@H]1CC3(CN1C(=O)C(NC(=O)OCC(C)C)C1CCCCC1)SCC(O)S3)C(=O)C(=O)NCC(=O)NC(C(=O)N(C)C)c1ccccc1)S2)C(=O)C(=O)NCC(=O)NC(C(=O)N(C)C)c1ccccc1. The lowest BCUT2D eigenvalue weighted by atomic mass is 9.83. The van der Waals surface area contributed by atoms with Gasteiger partial charge in [-0.05, 0) is 79.2 Å². The average molecular weight is 1620 g/mol. The third-order valence-corrected chi connectivity index (χ3v) is 27.7. The summed E-state index contributed by atoms with van der Waals surface area (Å²) >= 11 is 5.17. The molecule has 2 aromatic carbocycles. The van der Waals surface area contributed by atoms with Crippen LogP contribution >= 0.6 is 47.0 Å². The molecular formula is C77H114N12O18S4. The molecule has 6 aliphatic rings. The number of thioether (sulfide) groups is 4. The number of likely N-dealkylation sites (tertiary alicyclic amines) is 2. The maximum absolute atomic E-state index is 15.6. The van der Waals surface area contributed by atoms with Crippen LogP contribution in [0, 0.1) is 29.6 Å². The topological polar surface area (TPSA) is 407 Å². The fraction of sp³-hybridized carbons (Fsp3) is 0.662. The van der Waals surface area contributed by atoms with Gasteiger partial charge in [-0.25, -0.2) is 9.59 Å². The molecule has 10 N–H and O–H groups in total. The molecule has 4 heterocycles. The fourth-order valence-corrected chi connectivity index (χ4v) is 22.0. The standard InChI is InChI=1S/C76H110N12O18S4.CH4/c1-10-23-51(63(93)67(97)77-35-56(90)81-59(69(99)85(6)7)46-24-15-11-16-25-46)79-65(95)53-33-75(42-87(53)71(101)61(48-28-19-13-20-29-48)83-73(103)105-38-44(2)3)107-40-55(109-75)50(37-89)32-52(64(94)68(98)78-36-57(91)82-60(70(100)86(8)9)47-26-17-12-18-27-47)80-66(96)54-34-76(108-41-58(92)110-76)43-88(54)72(102)62(49-30-21-14-22-31-49)84-74(104)106-39-45(4)5;/h11-12,15-18,24-27,44-45,48-55,58-62,89,92H,10,13-14,19-23,28-43H2,1-9H3,(H,77,97)(H,78,98)(H,79,95)(H,80,96)(H,81,90)(H,82,91)(H,83,103)(H,84,104);1H4/t50-,51?,52?,53+,54+,55?,58?,59?,60?,61?,62?,75?,76?;/m1./s1. The second-order valence-electron chi connectivity index (χ2n) is 30.5. The lowest BCUT2D eigenvalue weighted by Gasteiger charge is -2.35. The Morgan fingerprint density at radius 1 is 0.550 bits per heavy atom. The number of hydrogen-bond acceptors (Lipinski definition) is 22. The summed E-state index contributed by atoms with van der Waals surface area (Å²) in [6.07, 6.45) is 5.12. The smallest absolute Gasteiger partial charge is 0.407 e. The monoisotopic (exact) mass is 1620 g/mol. The summed E-state index contributed by atoms with van der Waals surface area (Å²) in [5.41, 5.74) is 0.0327. The first-order valence-electron chi connectivity index (χ1n) is 38.1. The number of aliphatic hydroxyl groups is 2. The number of carbonyl (C=O) groups is 14. The zero-order valence-electron chi connectivity index (χ0n) is 64.3. The van der Waals surface area contributed by atoms with Crippen molar-refractivity contribution in [3.8, 4) is 0 Å². The molecule has 4 saturated heterocycles. The molecule has 12 amide bonds. The number of rotatable bonds is 34. The van der Waals surface area contributed by atoms with Crippen molar-refractivity contribution in [2.75, 3.05) is 85.7 Å². The Hall–Kier alpha value is -7.66. The van der Waals surface area contributed by atoms with E-state index in [1.54, 1.807) is 67.6 Å². The van der Waals surface area contributed by atoms with Crippen LogP contribution in [0.2, 0.25) is 0 Å². The molecule has 30 nitrogen and oxygen atoms in total. The normalized spacial score (nSPS) is 23.0. The van der Waals surface area contributed by atoms with Crippen molar-refractivity contribution in [2.45, 2.75) is 206 Å². The lowest BCUT2D eigenvalue weighted by molar-refractivity contribution is -0.144. The summed E-state index contributed by atoms with van der Waals surface area (Å²) in [7, 11) is 6.05. The molecule has 2 saturated carbocycles. The molecule has 2 aromatic rings. The summed E-state index contributed by atoms with van der Waals surface area (Å²) in [6, 6.07) is 6.16. The molecule has 8 rings (SSSR count). The van der Waals surface area contributed by atoms with Crippen LogP contribution < -0.4 is 42.5 Å². The van der Waals surface area contributed by atoms with E-state index in [1.165, 1.54) is 94.8 Å². The highest BCUT2D eigenvalue weighted by Gasteiger charge is 2.58. The largest absolute Gasteiger partial charge is 0.449 e. The van der Waals surface area contributed by atoms with Gasteiger partial charge in [-0.1, -0.05) is 148 Å². The number of alkyl carbamates (subject to hydrolysis) is 2. The van der Waals surface area contributed by atoms with Gasteiger partial charge in [0.25, 0.3) is 11.8 Å². The van der Waals surface area contributed by atoms with E-state index in [4.69, 9.17) is 9.47 Å². The highest BCUT2D eigenvalue weighted by molar-refractivity contribution is 8.22. The Balaban J connectivity index is 0.0000171. The number of nitrogens with one attached hydrogen (secondary N) is 8. The maximum atomic E-state index is 15.6. The van der Waals surface area contributed by atoms with E-state index in [9.17, 15) is 53.4 Å². The molecule has 614 valence electrons. The number of nitrogens with zero attached hydrogens (tertiary/aromatic N) is 4. The number of benzene rings is 2. The van der Waals surface area contributed by atoms with E-state index >= 15 is 24.0 Å². The molecule has 13 atom stereocenters. The summed E-state index contributed by atoms with van der Waals surface area (Å²) in [5.74, 6) is -11.7. The number of ether oxygens (including phenoxy) is 2. The van der Waals surface area contributed by atoms with Crippen molar-refractivity contribution in [1.82, 2.24) is 62.1 Å². The summed E-state index contributed by atoms with van der Waals surface area (Å²) in [5, 5.41) is 43.1. The Morgan fingerprint density at radius 2 is 0.955 bits per heavy atom. The van der Waals surface area contributed by atoms with E-state index in [2.05, 4.69) is 42.5 Å². The van der Waals surface area contributed by atoms with Crippen molar-refractivity contribution < 1.29 is 86.8 Å². The number of likely N-dealkylation sites (N-methyl/N-ethyl adjacent to an activating group) is 2. The molecule has 2 spiro atoms. The van der Waals surface area contributed by atoms with Crippen LogP contribution in [0.5, 0.6) is 0 Å². The second kappa shape index (κ2) is 42.5. The molecule has 10 unspecified atom stereocenters. The number of carbonyl (C=O) groups excluding carboxylic acids is 14. The molecule has 0 aromatic heterocycles. The lowest BCUT2D eigenvalue weighted by Crippen LogP contribution is -2.58. The van der Waals surface area contributed by atoms with Gasteiger partial charge in [0.2, 0.25) is 58.8 Å². The van der Waals surface area contributed by atoms with Crippen LogP contribution in [0.3, 0.4) is 0 Å². The van der Waals surface area contributed by atoms with E-state index in [1.807, 2.05) is 27.7 Å². The second-order valence-corrected chi connectivity index (χ2v) is 37.0. The Labute approximate surface area is 667 Å². The number of Topliss-reactive ketones (excluding diaryl/α,β-unsaturated/α-hetero) is 2. The predicted molar refractivity (Wildman–Crippen MR) is 424 cm³/mol. The third-order valence-electron chi connectivity index (χ3n) is 20.5. The molecule has 6 fully saturated rings. The zero-order chi connectivity index (χ0) is 80.1. The van der Waals surface area contributed by atoms with Gasteiger partial charge in [0.05, 0.1) is 46.5 Å². The van der Waals surface area contributed by atoms with E-state index < -0.39 is 182 Å². The molecule has 2 aliphatic carbocycles. The van der Waals surface area contributed by atoms with Crippen molar-refractivity contribution >= 4 is 130 Å². The minimum atomic E-state index is -1.78. The van der Waals surface area contributed by atoms with Crippen molar-refractivity contribution in [1.29, 1.82) is 0 Å². The van der Waals surface area contributed by atoms with Gasteiger partial charge in [-0.2, -0.15) is 0 Å². The van der Waals surface area contributed by atoms with E-state index in [0.717, 1.165) is 38.5 Å². The molecule has 4 aliphatic heterocycles. The van der Waals surface area contributed by atoms with Gasteiger partial charge < -0.3 is 81.8 Å². The van der Waals surface area contributed by atoms with Gasteiger partial charge in [-0.3, -0.25) is 57.5 Å². The Kier molecular flexibility index (Phi) is 34.6. The van der Waals surface area contributed by atoms with Crippen LogP contribution in [0.25, 0.3) is 0 Å². The van der Waals surface area contributed by atoms with Crippen LogP contribution in [0.4, 0.5) is 9.59 Å². The first-order valence-corrected chi connectivity index (χ1v) is 41.8. The number of ketones is 2. The van der Waals surface area contributed by atoms with E-state index in [0.29, 0.717) is 36.8 Å². The van der Waals surface area contributed by atoms with Gasteiger partial charge in [0.15, 0.2) is 0 Å². The third kappa shape index (κ3) is 24.9. The van der Waals surface area contributed by atoms with Crippen LogP contribution in [-0.4, -0.2) is 253 Å². The van der Waals surface area contributed by atoms with Crippen molar-refractivity contribution in [3.05, 3.63) is 71.8 Å². The Morgan fingerprint density at radius 3 is 1.34 bits per heavy atom. The highest BCUT2D eigenvalue weighted by atomic mass is 32.2. The quantitative estimate of drug-likeness (QED) is 0.0429. The van der Waals surface area contributed by atoms with Gasteiger partial charge in [-0.15, -0.1) is 47.0 Å². The number of hydrogen-bond donors (Lipinski definition) is 10. The maximum Gasteiger partial charge on any atom is 0.407 e. The number of aliphatic hydroxyl groups excluding tert-OH is 2. The van der Waals surface area contributed by atoms with Gasteiger partial charge in [0.1, 0.15) is 41.7 Å². The average Bonchev–Trinajstić information content (AvgIpc) is 1.61. The van der Waals surface area contributed by atoms with Crippen molar-refractivity contribution in [2.24, 2.45) is 29.6 Å². The van der Waals surface area contributed by atoms with Gasteiger partial charge in [0, 0.05) is 77.5 Å². The van der Waals surface area contributed by atoms with E-state index in [-0.39, 0.29) is 94.6 Å². The Bertz CT molecular complexity index is 3590. The minimum absolute atomic E-state index is 0. The summed E-state index contributed by atoms with van der Waals surface area (Å²) < 4.78 is 9.05.